The molecule has 1 atom stereocenters. The molecule has 0 spiro atoms. The Kier molecular flexibility index (Phi) is 5.99. The lowest BCUT2D eigenvalue weighted by Crippen LogP contribution is -2.22. The van der Waals surface area contributed by atoms with Crippen LogP contribution in [0.15, 0.2) is 29.2 Å². The van der Waals surface area contributed by atoms with E-state index >= 15 is 0 Å². The summed E-state index contributed by atoms with van der Waals surface area (Å²) in [5, 5.41) is 10.2. The van der Waals surface area contributed by atoms with Crippen LogP contribution in [0.25, 0.3) is 0 Å². The Morgan fingerprint density at radius 1 is 1.31 bits per heavy atom. The first-order valence-electron chi connectivity index (χ1n) is 7.34. The van der Waals surface area contributed by atoms with Gasteiger partial charge in [0.25, 0.3) is 5.56 Å². The molecule has 0 aliphatic rings. The number of aromatic amines is 1. The maximum atomic E-state index is 13.5. The highest BCUT2D eigenvalue weighted by molar-refractivity contribution is 6.30. The standard InChI is InChI=1S/C17H15ClFNO6/c1-25-13(21)6-9(8-3-4-12(19)11(18)5-8)14-15(22)10(17(24)26-2)7-20-16(14)23/h3-5,7,9H,6H2,1-2H3,(H2,20,22,23)/t9-/m0/s1. The van der Waals surface area contributed by atoms with Crippen molar-refractivity contribution in [3.8, 4) is 5.75 Å². The zero-order valence-electron chi connectivity index (χ0n) is 13.8. The summed E-state index contributed by atoms with van der Waals surface area (Å²) in [4.78, 5) is 38.2. The van der Waals surface area contributed by atoms with Gasteiger partial charge in [0.1, 0.15) is 17.1 Å². The van der Waals surface area contributed by atoms with E-state index in [-0.39, 0.29) is 28.1 Å². The molecular weight excluding hydrogens is 369 g/mol. The molecule has 26 heavy (non-hydrogen) atoms. The van der Waals surface area contributed by atoms with Gasteiger partial charge in [-0.15, -0.1) is 0 Å². The summed E-state index contributed by atoms with van der Waals surface area (Å²) in [6.45, 7) is 0. The molecular formula is C17H15ClFNO6. The monoisotopic (exact) mass is 383 g/mol. The molecule has 138 valence electrons. The number of methoxy groups -OCH3 is 2. The number of ether oxygens (including phenoxy) is 2. The summed E-state index contributed by atoms with van der Waals surface area (Å²) in [5.74, 6) is -3.93. The summed E-state index contributed by atoms with van der Waals surface area (Å²) in [6, 6.07) is 3.62. The number of H-pyrrole nitrogens is 1. The van der Waals surface area contributed by atoms with Gasteiger partial charge >= 0.3 is 11.9 Å². The predicted molar refractivity (Wildman–Crippen MR) is 90.0 cm³/mol. The highest BCUT2D eigenvalue weighted by Crippen LogP contribution is 2.35. The van der Waals surface area contributed by atoms with E-state index in [0.29, 0.717) is 0 Å². The van der Waals surface area contributed by atoms with Gasteiger partial charge in [0.15, 0.2) is 0 Å². The van der Waals surface area contributed by atoms with Crippen molar-refractivity contribution in [3.63, 3.8) is 0 Å². The SMILES string of the molecule is COC(=O)C[C@@H](c1ccc(F)c(Cl)c1)c1c(O)c(C(=O)OC)c[nH]c1=O. The third kappa shape index (κ3) is 3.85. The van der Waals surface area contributed by atoms with Gasteiger partial charge in [0.05, 0.1) is 31.2 Å². The normalized spacial score (nSPS) is 11.7. The predicted octanol–water partition coefficient (Wildman–Crippen LogP) is 2.35. The first kappa shape index (κ1) is 19.5. The molecule has 0 bridgehead atoms. The van der Waals surface area contributed by atoms with E-state index < -0.39 is 35.0 Å². The minimum absolute atomic E-state index is 0.225. The molecule has 7 nitrogen and oxygen atoms in total. The fourth-order valence-corrected chi connectivity index (χ4v) is 2.68. The molecule has 0 saturated heterocycles. The molecule has 1 heterocycles. The lowest BCUT2D eigenvalue weighted by atomic mass is 9.88. The van der Waals surface area contributed by atoms with Crippen LogP contribution in [-0.2, 0) is 14.3 Å². The molecule has 0 fully saturated rings. The van der Waals surface area contributed by atoms with Crippen LogP contribution < -0.4 is 5.56 Å². The van der Waals surface area contributed by atoms with Crippen LogP contribution in [0.4, 0.5) is 4.39 Å². The topological polar surface area (TPSA) is 106 Å². The average Bonchev–Trinajstić information content (AvgIpc) is 2.62. The van der Waals surface area contributed by atoms with Crippen LogP contribution in [0.5, 0.6) is 5.75 Å². The van der Waals surface area contributed by atoms with Crippen molar-refractivity contribution in [1.82, 2.24) is 4.98 Å². The summed E-state index contributed by atoms with van der Waals surface area (Å²) in [6.07, 6.45) is 0.652. The largest absolute Gasteiger partial charge is 0.506 e. The quantitative estimate of drug-likeness (QED) is 0.768. The summed E-state index contributed by atoms with van der Waals surface area (Å²) >= 11 is 5.79. The van der Waals surface area contributed by atoms with E-state index in [1.54, 1.807) is 0 Å². The molecule has 0 radical (unpaired) electrons. The van der Waals surface area contributed by atoms with E-state index in [1.807, 2.05) is 0 Å². The Morgan fingerprint density at radius 3 is 2.58 bits per heavy atom. The molecule has 1 aromatic heterocycles. The third-order valence-corrected chi connectivity index (χ3v) is 4.09. The third-order valence-electron chi connectivity index (χ3n) is 3.80. The van der Waals surface area contributed by atoms with Crippen molar-refractivity contribution < 1.29 is 28.6 Å². The average molecular weight is 384 g/mol. The minimum Gasteiger partial charge on any atom is -0.506 e. The number of nitrogens with one attached hydrogen (secondary N) is 1. The van der Waals surface area contributed by atoms with Crippen LogP contribution in [0, 0.1) is 5.82 Å². The molecule has 2 aromatic rings. The fourth-order valence-electron chi connectivity index (χ4n) is 2.49. The van der Waals surface area contributed by atoms with Crippen LogP contribution >= 0.6 is 11.6 Å². The van der Waals surface area contributed by atoms with E-state index in [1.165, 1.54) is 12.1 Å². The van der Waals surface area contributed by atoms with Gasteiger partial charge in [-0.25, -0.2) is 9.18 Å². The van der Waals surface area contributed by atoms with Crippen LogP contribution in [0.3, 0.4) is 0 Å². The van der Waals surface area contributed by atoms with Gasteiger partial charge in [0, 0.05) is 12.1 Å². The van der Waals surface area contributed by atoms with E-state index in [9.17, 15) is 23.9 Å². The highest BCUT2D eigenvalue weighted by atomic mass is 35.5. The number of aromatic hydroxyl groups is 1. The first-order chi connectivity index (χ1) is 12.3. The van der Waals surface area contributed by atoms with E-state index in [0.717, 1.165) is 26.5 Å². The number of aromatic nitrogens is 1. The number of halogens is 2. The Bertz CT molecular complexity index is 911. The van der Waals surface area contributed by atoms with E-state index in [2.05, 4.69) is 14.5 Å². The Morgan fingerprint density at radius 2 is 2.00 bits per heavy atom. The molecule has 9 heteroatoms. The summed E-state index contributed by atoms with van der Waals surface area (Å²) < 4.78 is 22.6. The Hall–Kier alpha value is -2.87. The van der Waals surface area contributed by atoms with Crippen LogP contribution in [-0.4, -0.2) is 36.2 Å². The molecule has 0 aliphatic carbocycles. The zero-order valence-corrected chi connectivity index (χ0v) is 14.6. The number of hydrogen-bond acceptors (Lipinski definition) is 6. The number of benzene rings is 1. The number of carbonyl (C=O) groups excluding carboxylic acids is 2. The zero-order chi connectivity index (χ0) is 19.4. The second-order valence-corrected chi connectivity index (χ2v) is 5.70. The van der Waals surface area contributed by atoms with Crippen molar-refractivity contribution in [3.05, 3.63) is 62.3 Å². The van der Waals surface area contributed by atoms with Crippen molar-refractivity contribution in [2.45, 2.75) is 12.3 Å². The lowest BCUT2D eigenvalue weighted by Gasteiger charge is -2.18. The maximum absolute atomic E-state index is 13.5. The molecule has 0 unspecified atom stereocenters. The summed E-state index contributed by atoms with van der Waals surface area (Å²) in [7, 11) is 2.27. The number of rotatable bonds is 5. The number of esters is 2. The van der Waals surface area contributed by atoms with Gasteiger partial charge in [-0.05, 0) is 17.7 Å². The van der Waals surface area contributed by atoms with Crippen molar-refractivity contribution >= 4 is 23.5 Å². The molecule has 2 N–H and O–H groups in total. The van der Waals surface area contributed by atoms with E-state index in [4.69, 9.17) is 11.6 Å². The first-order valence-corrected chi connectivity index (χ1v) is 7.72. The molecule has 1 aromatic carbocycles. The molecule has 0 aliphatic heterocycles. The Labute approximate surface area is 152 Å². The molecule has 0 amide bonds. The van der Waals surface area contributed by atoms with Gasteiger partial charge < -0.3 is 19.6 Å². The van der Waals surface area contributed by atoms with Crippen molar-refractivity contribution in [2.24, 2.45) is 0 Å². The van der Waals surface area contributed by atoms with Gasteiger partial charge in [-0.1, -0.05) is 17.7 Å². The molecule has 2 rings (SSSR count). The number of carbonyl (C=O) groups is 2. The lowest BCUT2D eigenvalue weighted by molar-refractivity contribution is -0.140. The maximum Gasteiger partial charge on any atom is 0.343 e. The Balaban J connectivity index is 2.69. The van der Waals surface area contributed by atoms with Gasteiger partial charge in [-0.3, -0.25) is 9.59 Å². The fraction of sp³-hybridized carbons (Fsp3) is 0.235. The van der Waals surface area contributed by atoms with Crippen molar-refractivity contribution in [2.75, 3.05) is 14.2 Å². The van der Waals surface area contributed by atoms with Crippen LogP contribution in [0.1, 0.15) is 33.8 Å². The second kappa shape index (κ2) is 8.01. The number of pyridine rings is 1. The minimum atomic E-state index is -1.03. The van der Waals surface area contributed by atoms with Crippen LogP contribution in [0.2, 0.25) is 5.02 Å². The smallest absolute Gasteiger partial charge is 0.343 e. The summed E-state index contributed by atoms with van der Waals surface area (Å²) in [5.41, 5.74) is -1.000. The molecule has 0 saturated carbocycles. The van der Waals surface area contributed by atoms with Gasteiger partial charge in [-0.2, -0.15) is 0 Å². The number of hydrogen-bond donors (Lipinski definition) is 2. The highest BCUT2D eigenvalue weighted by Gasteiger charge is 2.28. The second-order valence-electron chi connectivity index (χ2n) is 5.29. The van der Waals surface area contributed by atoms with Crippen molar-refractivity contribution in [1.29, 1.82) is 0 Å². The van der Waals surface area contributed by atoms with Gasteiger partial charge in [0.2, 0.25) is 0 Å².